The second-order valence-electron chi connectivity index (χ2n) is 5.05. The first-order chi connectivity index (χ1) is 10.3. The maximum Gasteiger partial charge on any atom is 0.231 e. The van der Waals surface area contributed by atoms with Gasteiger partial charge in [-0.3, -0.25) is 4.79 Å². The van der Waals surface area contributed by atoms with Crippen LogP contribution >= 0.6 is 0 Å². The number of rotatable bonds is 4. The van der Waals surface area contributed by atoms with E-state index in [1.54, 1.807) is 0 Å². The summed E-state index contributed by atoms with van der Waals surface area (Å²) < 4.78 is 5.53. The van der Waals surface area contributed by atoms with Crippen molar-refractivity contribution in [1.82, 2.24) is 5.32 Å². The van der Waals surface area contributed by atoms with Gasteiger partial charge in [0.05, 0.1) is 6.61 Å². The topological polar surface area (TPSA) is 58.6 Å². The van der Waals surface area contributed by atoms with E-state index in [-0.39, 0.29) is 18.4 Å². The van der Waals surface area contributed by atoms with E-state index in [4.69, 9.17) is 4.74 Å². The first-order valence-electron chi connectivity index (χ1n) is 6.96. The van der Waals surface area contributed by atoms with Crippen LogP contribution in [0, 0.1) is 0 Å². The van der Waals surface area contributed by atoms with Gasteiger partial charge in [-0.2, -0.15) is 0 Å². The number of aliphatic hydroxyl groups excluding tert-OH is 1. The quantitative estimate of drug-likeness (QED) is 0.902. The van der Waals surface area contributed by atoms with Crippen LogP contribution < -0.4 is 10.1 Å². The lowest BCUT2D eigenvalue weighted by Crippen LogP contribution is -2.30. The zero-order valence-electron chi connectivity index (χ0n) is 11.6. The standard InChI is InChI=1S/C17H17NO3/c19-10-13-6-2-1-5-12(13)9-18-17(20)15-11-21-16-8-4-3-7-14(15)16/h1-8,15,19H,9-11H2,(H,18,20)/t15-/m1/s1. The number of amides is 1. The molecule has 21 heavy (non-hydrogen) atoms. The number of aliphatic hydroxyl groups is 1. The van der Waals surface area contributed by atoms with Crippen LogP contribution in [0.3, 0.4) is 0 Å². The Kier molecular flexibility index (Phi) is 3.88. The van der Waals surface area contributed by atoms with Gasteiger partial charge >= 0.3 is 0 Å². The summed E-state index contributed by atoms with van der Waals surface area (Å²) in [6.45, 7) is 0.766. The summed E-state index contributed by atoms with van der Waals surface area (Å²) in [7, 11) is 0. The van der Waals surface area contributed by atoms with Crippen molar-refractivity contribution in [3.63, 3.8) is 0 Å². The van der Waals surface area contributed by atoms with Gasteiger partial charge in [-0.05, 0) is 17.2 Å². The lowest BCUT2D eigenvalue weighted by Gasteiger charge is -2.12. The van der Waals surface area contributed by atoms with E-state index in [1.165, 1.54) is 0 Å². The van der Waals surface area contributed by atoms with E-state index in [2.05, 4.69) is 5.32 Å². The molecule has 1 amide bonds. The minimum Gasteiger partial charge on any atom is -0.492 e. The highest BCUT2D eigenvalue weighted by molar-refractivity contribution is 5.85. The molecule has 0 fully saturated rings. The van der Waals surface area contributed by atoms with Crippen molar-refractivity contribution in [3.05, 3.63) is 65.2 Å². The molecule has 1 aliphatic heterocycles. The lowest BCUT2D eigenvalue weighted by atomic mass is 10.0. The summed E-state index contributed by atoms with van der Waals surface area (Å²) in [4.78, 5) is 12.3. The molecule has 0 unspecified atom stereocenters. The van der Waals surface area contributed by atoms with Crippen LogP contribution in [-0.2, 0) is 17.9 Å². The maximum absolute atomic E-state index is 12.3. The fraction of sp³-hybridized carbons (Fsp3) is 0.235. The van der Waals surface area contributed by atoms with Crippen LogP contribution in [0.25, 0.3) is 0 Å². The summed E-state index contributed by atoms with van der Waals surface area (Å²) >= 11 is 0. The van der Waals surface area contributed by atoms with Crippen LogP contribution in [0.1, 0.15) is 22.6 Å². The second kappa shape index (κ2) is 5.97. The number of hydrogen-bond donors (Lipinski definition) is 2. The molecule has 3 rings (SSSR count). The van der Waals surface area contributed by atoms with Gasteiger partial charge < -0.3 is 15.2 Å². The van der Waals surface area contributed by atoms with Crippen LogP contribution in [0.4, 0.5) is 0 Å². The first kappa shape index (κ1) is 13.6. The van der Waals surface area contributed by atoms with Crippen LogP contribution in [0.2, 0.25) is 0 Å². The highest BCUT2D eigenvalue weighted by atomic mass is 16.5. The molecule has 0 aliphatic carbocycles. The van der Waals surface area contributed by atoms with Crippen molar-refractivity contribution >= 4 is 5.91 Å². The minimum absolute atomic E-state index is 0.0264. The zero-order valence-corrected chi connectivity index (χ0v) is 11.6. The summed E-state index contributed by atoms with van der Waals surface area (Å²) in [6.07, 6.45) is 0. The second-order valence-corrected chi connectivity index (χ2v) is 5.05. The van der Waals surface area contributed by atoms with E-state index in [9.17, 15) is 9.90 Å². The van der Waals surface area contributed by atoms with Crippen molar-refractivity contribution < 1.29 is 14.6 Å². The zero-order chi connectivity index (χ0) is 14.7. The van der Waals surface area contributed by atoms with Crippen molar-refractivity contribution in [2.24, 2.45) is 0 Å². The molecule has 0 bridgehead atoms. The fourth-order valence-corrected chi connectivity index (χ4v) is 2.57. The molecule has 2 aromatic carbocycles. The highest BCUT2D eigenvalue weighted by Crippen LogP contribution is 2.33. The van der Waals surface area contributed by atoms with Gasteiger partial charge in [-0.1, -0.05) is 42.5 Å². The molecule has 2 aromatic rings. The first-order valence-corrected chi connectivity index (χ1v) is 6.96. The Morgan fingerprint density at radius 3 is 2.67 bits per heavy atom. The molecule has 1 aliphatic rings. The number of hydrogen-bond acceptors (Lipinski definition) is 3. The summed E-state index contributed by atoms with van der Waals surface area (Å²) in [6, 6.07) is 15.1. The van der Waals surface area contributed by atoms with E-state index >= 15 is 0 Å². The molecule has 1 atom stereocenters. The average Bonchev–Trinajstić information content (AvgIpc) is 2.97. The van der Waals surface area contributed by atoms with E-state index in [0.29, 0.717) is 13.2 Å². The summed E-state index contributed by atoms with van der Waals surface area (Å²) in [5, 5.41) is 12.2. The van der Waals surface area contributed by atoms with Gasteiger partial charge in [0.2, 0.25) is 5.91 Å². The molecule has 0 radical (unpaired) electrons. The minimum atomic E-state index is -0.262. The number of benzene rings is 2. The fourth-order valence-electron chi connectivity index (χ4n) is 2.57. The Bertz CT molecular complexity index is 654. The molecule has 4 heteroatoms. The SMILES string of the molecule is O=C(NCc1ccccc1CO)[C@@H]1COc2ccccc21. The van der Waals surface area contributed by atoms with Crippen LogP contribution in [-0.4, -0.2) is 17.6 Å². The Morgan fingerprint density at radius 2 is 1.86 bits per heavy atom. The number of fused-ring (bicyclic) bond motifs is 1. The van der Waals surface area contributed by atoms with Gasteiger partial charge in [0.25, 0.3) is 0 Å². The summed E-state index contributed by atoms with van der Waals surface area (Å²) in [5.74, 6) is 0.476. The van der Waals surface area contributed by atoms with Crippen molar-refractivity contribution in [3.8, 4) is 5.75 Å². The molecular weight excluding hydrogens is 266 g/mol. The van der Waals surface area contributed by atoms with Crippen LogP contribution in [0.5, 0.6) is 5.75 Å². The predicted molar refractivity (Wildman–Crippen MR) is 78.9 cm³/mol. The number of carbonyl (C=O) groups excluding carboxylic acids is 1. The van der Waals surface area contributed by atoms with Gasteiger partial charge in [0.1, 0.15) is 18.3 Å². The molecular formula is C17H17NO3. The molecule has 0 aromatic heterocycles. The number of para-hydroxylation sites is 1. The van der Waals surface area contributed by atoms with E-state index in [0.717, 1.165) is 22.4 Å². The van der Waals surface area contributed by atoms with E-state index < -0.39 is 0 Å². The van der Waals surface area contributed by atoms with Gasteiger partial charge in [-0.25, -0.2) is 0 Å². The van der Waals surface area contributed by atoms with E-state index in [1.807, 2.05) is 48.5 Å². The van der Waals surface area contributed by atoms with Gasteiger partial charge in [0.15, 0.2) is 0 Å². The van der Waals surface area contributed by atoms with Gasteiger partial charge in [-0.15, -0.1) is 0 Å². The molecule has 108 valence electrons. The number of ether oxygens (including phenoxy) is 1. The molecule has 0 saturated heterocycles. The Hall–Kier alpha value is -2.33. The Labute approximate surface area is 123 Å². The third-order valence-electron chi connectivity index (χ3n) is 3.76. The molecule has 2 N–H and O–H groups in total. The largest absolute Gasteiger partial charge is 0.492 e. The predicted octanol–water partition coefficient (Wildman–Crippen LogP) is 1.97. The van der Waals surface area contributed by atoms with Crippen molar-refractivity contribution in [2.45, 2.75) is 19.1 Å². The average molecular weight is 283 g/mol. The highest BCUT2D eigenvalue weighted by Gasteiger charge is 2.29. The molecule has 0 spiro atoms. The third kappa shape index (κ3) is 2.76. The smallest absolute Gasteiger partial charge is 0.231 e. The lowest BCUT2D eigenvalue weighted by molar-refractivity contribution is -0.122. The van der Waals surface area contributed by atoms with Gasteiger partial charge in [0, 0.05) is 12.1 Å². The third-order valence-corrected chi connectivity index (χ3v) is 3.76. The maximum atomic E-state index is 12.3. The normalized spacial score (nSPS) is 16.1. The number of carbonyl (C=O) groups is 1. The van der Waals surface area contributed by atoms with Crippen molar-refractivity contribution in [2.75, 3.05) is 6.61 Å². The number of nitrogens with one attached hydrogen (secondary N) is 1. The monoisotopic (exact) mass is 283 g/mol. The molecule has 4 nitrogen and oxygen atoms in total. The Balaban J connectivity index is 1.68. The summed E-state index contributed by atoms with van der Waals surface area (Å²) in [5.41, 5.74) is 2.70. The molecule has 1 heterocycles. The molecule has 0 saturated carbocycles. The Morgan fingerprint density at radius 1 is 1.14 bits per heavy atom. The van der Waals surface area contributed by atoms with Crippen molar-refractivity contribution in [1.29, 1.82) is 0 Å². The van der Waals surface area contributed by atoms with Crippen LogP contribution in [0.15, 0.2) is 48.5 Å².